The zero-order chi connectivity index (χ0) is 18.4. The number of rotatable bonds is 3. The molecule has 0 unspecified atom stereocenters. The Hall–Kier alpha value is -1.93. The molecule has 0 saturated carbocycles. The topological polar surface area (TPSA) is 43.1 Å². The molecule has 6 rings (SSSR count). The first-order chi connectivity index (χ1) is 12.7. The maximum atomic E-state index is 12.4. The summed E-state index contributed by atoms with van der Waals surface area (Å²) in [6.07, 6.45) is 9.88. The molecule has 138 valence electrons. The van der Waals surface area contributed by atoms with Gasteiger partial charge in [-0.3, -0.25) is 4.79 Å². The number of hydrogen-bond donors (Lipinski definition) is 1. The van der Waals surface area contributed by atoms with Crippen LogP contribution in [-0.2, 0) is 32.1 Å². The van der Waals surface area contributed by atoms with Crippen LogP contribution < -0.4 is 5.73 Å². The van der Waals surface area contributed by atoms with Crippen molar-refractivity contribution in [2.75, 3.05) is 6.54 Å². The van der Waals surface area contributed by atoms with Crippen molar-refractivity contribution >= 4 is 5.78 Å². The van der Waals surface area contributed by atoms with Crippen LogP contribution in [0.4, 0.5) is 0 Å². The summed E-state index contributed by atoms with van der Waals surface area (Å²) in [7, 11) is 0. The monoisotopic (exact) mass is 349 g/mol. The smallest absolute Gasteiger partial charge is 0.176 e. The molecule has 26 heavy (non-hydrogen) atoms. The van der Waals surface area contributed by atoms with Crippen molar-refractivity contribution in [1.29, 1.82) is 0 Å². The number of benzene rings is 2. The van der Waals surface area contributed by atoms with Gasteiger partial charge in [-0.25, -0.2) is 0 Å². The minimum absolute atomic E-state index is 0.0832. The van der Waals surface area contributed by atoms with Gasteiger partial charge in [0, 0.05) is 5.56 Å². The van der Waals surface area contributed by atoms with Crippen LogP contribution in [0.3, 0.4) is 0 Å². The Bertz CT molecular complexity index is 746. The number of carbonyl (C=O) groups excluding carboxylic acids is 1. The van der Waals surface area contributed by atoms with Gasteiger partial charge in [0.05, 0.1) is 6.54 Å². The van der Waals surface area contributed by atoms with Crippen molar-refractivity contribution in [2.24, 2.45) is 5.73 Å². The average Bonchev–Trinajstić information content (AvgIpc) is 2.68. The highest BCUT2D eigenvalue weighted by atomic mass is 16.1. The van der Waals surface area contributed by atoms with E-state index in [0.717, 1.165) is 56.9 Å². The Labute approximate surface area is 157 Å². The maximum Gasteiger partial charge on any atom is 0.176 e. The Morgan fingerprint density at radius 2 is 1.38 bits per heavy atom. The second-order valence-corrected chi connectivity index (χ2v) is 7.49. The van der Waals surface area contributed by atoms with Crippen LogP contribution >= 0.6 is 0 Å². The summed E-state index contributed by atoms with van der Waals surface area (Å²) in [5, 5.41) is 0. The molecule has 2 heteroatoms. The van der Waals surface area contributed by atoms with Gasteiger partial charge in [0.25, 0.3) is 0 Å². The fraction of sp³-hybridized carbons (Fsp3) is 0.458. The Balaban J connectivity index is 1.89. The quantitative estimate of drug-likeness (QED) is 0.806. The highest BCUT2D eigenvalue weighted by Gasteiger charge is 2.14. The lowest BCUT2D eigenvalue weighted by Crippen LogP contribution is -2.17. The van der Waals surface area contributed by atoms with E-state index in [1.165, 1.54) is 34.2 Å². The molecular weight excluding hydrogens is 318 g/mol. The lowest BCUT2D eigenvalue weighted by atomic mass is 9.89. The van der Waals surface area contributed by atoms with Crippen molar-refractivity contribution in [3.63, 3.8) is 0 Å². The van der Waals surface area contributed by atoms with E-state index in [9.17, 15) is 4.79 Å². The molecule has 0 saturated heterocycles. The van der Waals surface area contributed by atoms with Gasteiger partial charge in [-0.15, -0.1) is 0 Å². The minimum atomic E-state index is 0.0832. The van der Waals surface area contributed by atoms with Crippen molar-refractivity contribution < 1.29 is 4.79 Å². The largest absolute Gasteiger partial charge is 0.324 e. The van der Waals surface area contributed by atoms with E-state index in [2.05, 4.69) is 43.3 Å². The molecule has 4 aliphatic rings. The third-order valence-electron chi connectivity index (χ3n) is 5.64. The molecule has 0 spiro atoms. The van der Waals surface area contributed by atoms with E-state index in [-0.39, 0.29) is 12.3 Å². The number of Topliss-reactive ketones (excluding diaryl/α,β-unsaturated/α-hetero) is 1. The summed E-state index contributed by atoms with van der Waals surface area (Å²) in [5.74, 6) is 0.0832. The van der Waals surface area contributed by atoms with Gasteiger partial charge in [0.2, 0.25) is 0 Å². The van der Waals surface area contributed by atoms with E-state index < -0.39 is 0 Å². The predicted octanol–water partition coefficient (Wildman–Crippen LogP) is 4.83. The first kappa shape index (κ1) is 18.8. The number of nitrogens with two attached hydrogens (primary N) is 1. The van der Waals surface area contributed by atoms with Gasteiger partial charge in [0.1, 0.15) is 0 Å². The molecule has 2 nitrogen and oxygen atoms in total. The lowest BCUT2D eigenvalue weighted by Gasteiger charge is -2.16. The molecular formula is C24H31NO. The molecule has 4 aliphatic carbocycles. The van der Waals surface area contributed by atoms with E-state index in [4.69, 9.17) is 5.73 Å². The maximum absolute atomic E-state index is 12.4. The number of aryl methyl sites for hydroxylation is 5. The van der Waals surface area contributed by atoms with E-state index in [1.807, 2.05) is 0 Å². The third kappa shape index (κ3) is 4.62. The SMILES string of the molecule is CCc1cc2c(C(=O)CN)cc1CCCCc1ccc(cc1)CCCC2. The van der Waals surface area contributed by atoms with Crippen LogP contribution in [-0.4, -0.2) is 12.3 Å². The third-order valence-corrected chi connectivity index (χ3v) is 5.64. The normalized spacial score (nSPS) is 15.3. The average molecular weight is 350 g/mol. The van der Waals surface area contributed by atoms with Crippen LogP contribution in [0.1, 0.15) is 70.8 Å². The van der Waals surface area contributed by atoms with Gasteiger partial charge in [0.15, 0.2) is 5.78 Å². The van der Waals surface area contributed by atoms with Crippen LogP contribution in [0.15, 0.2) is 36.4 Å². The second kappa shape index (κ2) is 9.14. The van der Waals surface area contributed by atoms with Crippen LogP contribution in [0.25, 0.3) is 0 Å². The molecule has 2 N–H and O–H groups in total. The number of ketones is 1. The van der Waals surface area contributed by atoms with Gasteiger partial charge >= 0.3 is 0 Å². The first-order valence-electron chi connectivity index (χ1n) is 10.2. The van der Waals surface area contributed by atoms with E-state index >= 15 is 0 Å². The Morgan fingerprint density at radius 1 is 0.846 bits per heavy atom. The summed E-state index contributed by atoms with van der Waals surface area (Å²) < 4.78 is 0. The summed E-state index contributed by atoms with van der Waals surface area (Å²) >= 11 is 0. The van der Waals surface area contributed by atoms with Crippen LogP contribution in [0.2, 0.25) is 0 Å². The molecule has 2 aromatic carbocycles. The molecule has 0 heterocycles. The highest BCUT2D eigenvalue weighted by molar-refractivity contribution is 5.99. The lowest BCUT2D eigenvalue weighted by molar-refractivity contribution is 0.100. The molecule has 0 aliphatic heterocycles. The summed E-state index contributed by atoms with van der Waals surface area (Å²) in [4.78, 5) is 12.4. The van der Waals surface area contributed by atoms with E-state index in [0.29, 0.717) is 0 Å². The van der Waals surface area contributed by atoms with Crippen LogP contribution in [0.5, 0.6) is 0 Å². The van der Waals surface area contributed by atoms with Crippen molar-refractivity contribution in [3.05, 3.63) is 69.8 Å². The summed E-state index contributed by atoms with van der Waals surface area (Å²) in [5.41, 5.74) is 13.4. The molecule has 2 aromatic rings. The van der Waals surface area contributed by atoms with Crippen molar-refractivity contribution in [2.45, 2.75) is 64.7 Å². The number of hydrogen-bond acceptors (Lipinski definition) is 2. The molecule has 4 bridgehead atoms. The van der Waals surface area contributed by atoms with E-state index in [1.54, 1.807) is 0 Å². The first-order valence-corrected chi connectivity index (χ1v) is 10.2. The molecule has 0 fully saturated rings. The summed E-state index contributed by atoms with van der Waals surface area (Å²) in [6.45, 7) is 2.32. The van der Waals surface area contributed by atoms with Crippen molar-refractivity contribution in [1.82, 2.24) is 0 Å². The number of carbonyl (C=O) groups is 1. The molecule has 0 atom stereocenters. The van der Waals surface area contributed by atoms with Gasteiger partial charge in [-0.2, -0.15) is 0 Å². The fourth-order valence-corrected chi connectivity index (χ4v) is 4.04. The Kier molecular flexibility index (Phi) is 6.62. The van der Waals surface area contributed by atoms with Crippen LogP contribution in [0, 0.1) is 0 Å². The standard InChI is InChI=1S/C24H31NO/c1-2-20-15-22-10-6-4-8-19-13-11-18(12-14-19)7-3-5-9-21(20)16-23(22)24(26)17-25/h11-16H,2-10,17,25H2,1H3. The molecule has 0 radical (unpaired) electrons. The molecule has 0 aromatic heterocycles. The minimum Gasteiger partial charge on any atom is -0.324 e. The predicted molar refractivity (Wildman–Crippen MR) is 109 cm³/mol. The molecule has 0 amide bonds. The van der Waals surface area contributed by atoms with Gasteiger partial charge in [-0.1, -0.05) is 37.3 Å². The summed E-state index contributed by atoms with van der Waals surface area (Å²) in [6, 6.07) is 13.6. The highest BCUT2D eigenvalue weighted by Crippen LogP contribution is 2.23. The van der Waals surface area contributed by atoms with Crippen molar-refractivity contribution in [3.8, 4) is 0 Å². The fourth-order valence-electron chi connectivity index (χ4n) is 4.04. The zero-order valence-corrected chi connectivity index (χ0v) is 16.0. The second-order valence-electron chi connectivity index (χ2n) is 7.49. The van der Waals surface area contributed by atoms with Gasteiger partial charge in [-0.05, 0) is 91.7 Å². The van der Waals surface area contributed by atoms with Gasteiger partial charge < -0.3 is 5.73 Å². The zero-order valence-electron chi connectivity index (χ0n) is 16.0. The Morgan fingerprint density at radius 3 is 1.92 bits per heavy atom.